The summed E-state index contributed by atoms with van der Waals surface area (Å²) in [6, 6.07) is 3.96. The Morgan fingerprint density at radius 3 is 3.07 bits per heavy atom. The topological polar surface area (TPSA) is 22.1 Å². The molecule has 0 aliphatic carbocycles. The molecule has 0 saturated carbocycles. The number of ether oxygens (including phenoxy) is 1. The van der Waals surface area contributed by atoms with Crippen molar-refractivity contribution in [1.82, 2.24) is 4.98 Å². The largest absolute Gasteiger partial charge is 0.487 e. The molecule has 3 rings (SSSR count). The first-order valence-electron chi connectivity index (χ1n) is 4.82. The summed E-state index contributed by atoms with van der Waals surface area (Å²) >= 11 is 7.46. The molecule has 0 bridgehead atoms. The number of fused-ring (bicyclic) bond motifs is 3. The number of benzene rings is 1. The lowest BCUT2D eigenvalue weighted by molar-refractivity contribution is 0.138. The zero-order valence-electron chi connectivity index (χ0n) is 8.50. The van der Waals surface area contributed by atoms with Crippen molar-refractivity contribution in [3.8, 4) is 5.75 Å². The molecule has 0 fully saturated rings. The number of aromatic nitrogens is 1. The number of halogens is 1. The molecule has 0 radical (unpaired) electrons. The third kappa shape index (κ3) is 1.42. The van der Waals surface area contributed by atoms with Gasteiger partial charge in [0, 0.05) is 12.0 Å². The predicted molar refractivity (Wildman–Crippen MR) is 63.0 cm³/mol. The second-order valence-corrected chi connectivity index (χ2v) is 5.98. The minimum absolute atomic E-state index is 0.104. The molecule has 0 spiro atoms. The standard InChI is InChI=1S/C11H10ClNOS/c1-11(2)5-6-8(14-11)4-3-7-9(6)15-10(12)13-7/h3-4H,5H2,1-2H3. The SMILES string of the molecule is CC1(C)Cc2c(ccc3nc(Cl)sc23)O1. The van der Waals surface area contributed by atoms with Crippen molar-refractivity contribution >= 4 is 33.2 Å². The first-order valence-corrected chi connectivity index (χ1v) is 6.01. The summed E-state index contributed by atoms with van der Waals surface area (Å²) in [6.45, 7) is 4.20. The number of thiazole rings is 1. The van der Waals surface area contributed by atoms with Gasteiger partial charge in [-0.3, -0.25) is 0 Å². The van der Waals surface area contributed by atoms with E-state index in [9.17, 15) is 0 Å². The molecule has 0 N–H and O–H groups in total. The number of rotatable bonds is 0. The third-order valence-corrected chi connectivity index (χ3v) is 3.82. The van der Waals surface area contributed by atoms with Crippen molar-refractivity contribution in [3.05, 3.63) is 22.2 Å². The van der Waals surface area contributed by atoms with Gasteiger partial charge in [0.25, 0.3) is 0 Å². The first kappa shape index (κ1) is 9.43. The van der Waals surface area contributed by atoms with Gasteiger partial charge in [0.1, 0.15) is 11.4 Å². The Balaban J connectivity index is 2.28. The van der Waals surface area contributed by atoms with Crippen LogP contribution in [0.25, 0.3) is 10.2 Å². The molecule has 1 aliphatic rings. The van der Waals surface area contributed by atoms with Crippen LogP contribution in [0.15, 0.2) is 12.1 Å². The molecule has 2 aromatic rings. The van der Waals surface area contributed by atoms with E-state index in [1.165, 1.54) is 21.6 Å². The van der Waals surface area contributed by atoms with Crippen molar-refractivity contribution in [2.75, 3.05) is 0 Å². The molecule has 0 unspecified atom stereocenters. The van der Waals surface area contributed by atoms with Crippen molar-refractivity contribution in [2.45, 2.75) is 25.9 Å². The van der Waals surface area contributed by atoms with Gasteiger partial charge in [-0.15, -0.1) is 11.3 Å². The van der Waals surface area contributed by atoms with E-state index in [-0.39, 0.29) is 5.60 Å². The molecular formula is C11H10ClNOS. The predicted octanol–water partition coefficient (Wildman–Crippen LogP) is 3.66. The maximum absolute atomic E-state index is 5.92. The Kier molecular flexibility index (Phi) is 1.80. The van der Waals surface area contributed by atoms with E-state index in [2.05, 4.69) is 18.8 Å². The summed E-state index contributed by atoms with van der Waals surface area (Å²) in [6.07, 6.45) is 0.929. The van der Waals surface area contributed by atoms with Crippen LogP contribution in [0.3, 0.4) is 0 Å². The number of hydrogen-bond acceptors (Lipinski definition) is 3. The summed E-state index contributed by atoms with van der Waals surface area (Å²) < 4.78 is 7.62. The first-order chi connectivity index (χ1) is 7.05. The van der Waals surface area contributed by atoms with Gasteiger partial charge in [-0.25, -0.2) is 4.98 Å². The van der Waals surface area contributed by atoms with Gasteiger partial charge in [-0.05, 0) is 26.0 Å². The van der Waals surface area contributed by atoms with Crippen LogP contribution in [0, 0.1) is 0 Å². The van der Waals surface area contributed by atoms with E-state index in [0.717, 1.165) is 17.7 Å². The van der Waals surface area contributed by atoms with E-state index >= 15 is 0 Å². The molecule has 0 saturated heterocycles. The van der Waals surface area contributed by atoms with Gasteiger partial charge in [0.05, 0.1) is 10.2 Å². The summed E-state index contributed by atoms with van der Waals surface area (Å²) in [4.78, 5) is 4.27. The van der Waals surface area contributed by atoms with Crippen molar-refractivity contribution in [1.29, 1.82) is 0 Å². The Labute approximate surface area is 96.8 Å². The fourth-order valence-corrected chi connectivity index (χ4v) is 3.17. The highest BCUT2D eigenvalue weighted by atomic mass is 35.5. The lowest BCUT2D eigenvalue weighted by Gasteiger charge is -2.16. The van der Waals surface area contributed by atoms with E-state index in [1.807, 2.05) is 12.1 Å². The fourth-order valence-electron chi connectivity index (χ4n) is 2.02. The Morgan fingerprint density at radius 2 is 2.27 bits per heavy atom. The van der Waals surface area contributed by atoms with E-state index < -0.39 is 0 Å². The van der Waals surface area contributed by atoms with Crippen LogP contribution in [0.1, 0.15) is 19.4 Å². The quantitative estimate of drug-likeness (QED) is 0.700. The fraction of sp³-hybridized carbons (Fsp3) is 0.364. The lowest BCUT2D eigenvalue weighted by atomic mass is 10.0. The van der Waals surface area contributed by atoms with E-state index in [1.54, 1.807) is 0 Å². The summed E-state index contributed by atoms with van der Waals surface area (Å²) in [7, 11) is 0. The average molecular weight is 240 g/mol. The van der Waals surface area contributed by atoms with Crippen LogP contribution >= 0.6 is 22.9 Å². The van der Waals surface area contributed by atoms with E-state index in [4.69, 9.17) is 16.3 Å². The second-order valence-electron chi connectivity index (χ2n) is 4.40. The summed E-state index contributed by atoms with van der Waals surface area (Å²) in [5, 5.41) is 0. The van der Waals surface area contributed by atoms with E-state index in [0.29, 0.717) is 4.47 Å². The normalized spacial score (nSPS) is 17.8. The lowest BCUT2D eigenvalue weighted by Crippen LogP contribution is -2.24. The Bertz CT molecular complexity index is 547. The van der Waals surface area contributed by atoms with Crippen molar-refractivity contribution in [2.24, 2.45) is 0 Å². The molecule has 4 heteroatoms. The second kappa shape index (κ2) is 2.86. The van der Waals surface area contributed by atoms with Gasteiger partial charge >= 0.3 is 0 Å². The number of nitrogens with zero attached hydrogens (tertiary/aromatic N) is 1. The van der Waals surface area contributed by atoms with Crippen LogP contribution in [0.4, 0.5) is 0 Å². The molecule has 0 amide bonds. The Hall–Kier alpha value is -0.800. The Morgan fingerprint density at radius 1 is 1.47 bits per heavy atom. The third-order valence-electron chi connectivity index (χ3n) is 2.58. The highest BCUT2D eigenvalue weighted by Crippen LogP contribution is 2.41. The highest BCUT2D eigenvalue weighted by Gasteiger charge is 2.32. The molecular weight excluding hydrogens is 230 g/mol. The molecule has 1 aliphatic heterocycles. The maximum Gasteiger partial charge on any atom is 0.184 e. The van der Waals surface area contributed by atoms with Gasteiger partial charge in [-0.1, -0.05) is 11.6 Å². The summed E-state index contributed by atoms with van der Waals surface area (Å²) in [5.74, 6) is 0.979. The van der Waals surface area contributed by atoms with Crippen LogP contribution in [-0.2, 0) is 6.42 Å². The molecule has 2 nitrogen and oxygen atoms in total. The summed E-state index contributed by atoms with van der Waals surface area (Å²) in [5.41, 5.74) is 2.12. The van der Waals surface area contributed by atoms with Crippen LogP contribution in [0.2, 0.25) is 4.47 Å². The average Bonchev–Trinajstić information content (AvgIpc) is 2.62. The van der Waals surface area contributed by atoms with Crippen molar-refractivity contribution in [3.63, 3.8) is 0 Å². The van der Waals surface area contributed by atoms with Gasteiger partial charge in [-0.2, -0.15) is 0 Å². The van der Waals surface area contributed by atoms with Gasteiger partial charge in [0.15, 0.2) is 4.47 Å². The molecule has 78 valence electrons. The highest BCUT2D eigenvalue weighted by molar-refractivity contribution is 7.22. The van der Waals surface area contributed by atoms with Gasteiger partial charge in [0.2, 0.25) is 0 Å². The van der Waals surface area contributed by atoms with Crippen LogP contribution in [0.5, 0.6) is 5.75 Å². The molecule has 1 aromatic heterocycles. The molecule has 1 aromatic carbocycles. The molecule has 15 heavy (non-hydrogen) atoms. The monoisotopic (exact) mass is 239 g/mol. The molecule has 2 heterocycles. The molecule has 0 atom stereocenters. The van der Waals surface area contributed by atoms with Crippen LogP contribution in [-0.4, -0.2) is 10.6 Å². The smallest absolute Gasteiger partial charge is 0.184 e. The van der Waals surface area contributed by atoms with Gasteiger partial charge < -0.3 is 4.74 Å². The van der Waals surface area contributed by atoms with Crippen LogP contribution < -0.4 is 4.74 Å². The zero-order valence-corrected chi connectivity index (χ0v) is 10.1. The number of hydrogen-bond donors (Lipinski definition) is 0. The minimum atomic E-state index is -0.104. The maximum atomic E-state index is 5.92. The minimum Gasteiger partial charge on any atom is -0.487 e. The zero-order chi connectivity index (χ0) is 10.6. The van der Waals surface area contributed by atoms with Crippen molar-refractivity contribution < 1.29 is 4.74 Å².